The molecule has 2 aromatic carbocycles. The molecule has 0 aliphatic rings. The highest BCUT2D eigenvalue weighted by Crippen LogP contribution is 2.27. The van der Waals surface area contributed by atoms with Crippen LogP contribution in [0.5, 0.6) is 11.5 Å². The van der Waals surface area contributed by atoms with Gasteiger partial charge in [-0.15, -0.1) is 11.3 Å². The number of carbonyl (C=O) groups excluding carboxylic acids is 1. The van der Waals surface area contributed by atoms with Gasteiger partial charge in [0.25, 0.3) is 5.91 Å². The molecule has 0 saturated carbocycles. The van der Waals surface area contributed by atoms with Gasteiger partial charge in [-0.2, -0.15) is 4.99 Å². The molecule has 0 radical (unpaired) electrons. The van der Waals surface area contributed by atoms with Crippen LogP contribution < -0.4 is 14.3 Å². The predicted octanol–water partition coefficient (Wildman–Crippen LogP) is 4.97. The third-order valence-corrected chi connectivity index (χ3v) is 5.90. The van der Waals surface area contributed by atoms with Crippen LogP contribution >= 0.6 is 27.3 Å². The fraction of sp³-hybridized carbons (Fsp3) is 0.238. The van der Waals surface area contributed by atoms with E-state index in [1.807, 2.05) is 49.7 Å². The second-order valence-electron chi connectivity index (χ2n) is 6.07. The van der Waals surface area contributed by atoms with E-state index in [2.05, 4.69) is 20.9 Å². The summed E-state index contributed by atoms with van der Waals surface area (Å²) in [5.41, 5.74) is 2.60. The summed E-state index contributed by atoms with van der Waals surface area (Å²) in [7, 11) is 3.51. The summed E-state index contributed by atoms with van der Waals surface area (Å²) in [5, 5.41) is 0. The highest BCUT2D eigenvalue weighted by Gasteiger charge is 2.13. The maximum atomic E-state index is 12.6. The van der Waals surface area contributed by atoms with Crippen molar-refractivity contribution >= 4 is 33.2 Å². The molecular formula is C21H21BrN2O3S. The number of hydrogen-bond donors (Lipinski definition) is 0. The molecule has 0 aliphatic carbocycles. The minimum atomic E-state index is -0.293. The summed E-state index contributed by atoms with van der Waals surface area (Å²) in [6, 6.07) is 13.1. The third kappa shape index (κ3) is 4.20. The Kier molecular flexibility index (Phi) is 6.36. The summed E-state index contributed by atoms with van der Waals surface area (Å²) in [4.78, 5) is 18.7. The average molecular weight is 461 g/mol. The third-order valence-electron chi connectivity index (χ3n) is 4.23. The van der Waals surface area contributed by atoms with Crippen LogP contribution in [0.1, 0.15) is 22.2 Å². The van der Waals surface area contributed by atoms with Gasteiger partial charge >= 0.3 is 0 Å². The molecule has 0 saturated heterocycles. The van der Waals surface area contributed by atoms with E-state index in [0.717, 1.165) is 26.4 Å². The number of ether oxygens (including phenoxy) is 2. The zero-order valence-corrected chi connectivity index (χ0v) is 18.6. The molecule has 1 amide bonds. The number of aryl methyl sites for hydroxylation is 1. The van der Waals surface area contributed by atoms with Crippen molar-refractivity contribution in [1.82, 2.24) is 4.57 Å². The van der Waals surface area contributed by atoms with Crippen LogP contribution in [0.25, 0.3) is 11.3 Å². The number of nitrogens with zero attached hydrogens (tertiary/aromatic N) is 2. The van der Waals surface area contributed by atoms with E-state index in [1.54, 1.807) is 25.3 Å². The largest absolute Gasteiger partial charge is 0.496 e. The van der Waals surface area contributed by atoms with Crippen molar-refractivity contribution in [3.63, 3.8) is 0 Å². The van der Waals surface area contributed by atoms with Gasteiger partial charge in [-0.3, -0.25) is 4.79 Å². The van der Waals surface area contributed by atoms with Crippen molar-refractivity contribution in [3.05, 3.63) is 62.2 Å². The van der Waals surface area contributed by atoms with Crippen LogP contribution in [0.3, 0.4) is 0 Å². The predicted molar refractivity (Wildman–Crippen MR) is 115 cm³/mol. The van der Waals surface area contributed by atoms with E-state index < -0.39 is 0 Å². The number of carbonyl (C=O) groups is 1. The number of hydrogen-bond acceptors (Lipinski definition) is 4. The van der Waals surface area contributed by atoms with Gasteiger partial charge in [-0.25, -0.2) is 0 Å². The molecule has 3 rings (SSSR count). The molecule has 0 unspecified atom stereocenters. The van der Waals surface area contributed by atoms with Gasteiger partial charge in [-0.05, 0) is 77.8 Å². The van der Waals surface area contributed by atoms with Gasteiger partial charge in [0, 0.05) is 17.5 Å². The number of thiazole rings is 1. The quantitative estimate of drug-likeness (QED) is 0.539. The van der Waals surface area contributed by atoms with Crippen molar-refractivity contribution in [2.45, 2.75) is 13.8 Å². The van der Waals surface area contributed by atoms with E-state index >= 15 is 0 Å². The first-order valence-electron chi connectivity index (χ1n) is 8.76. The van der Waals surface area contributed by atoms with Gasteiger partial charge in [0.05, 0.1) is 23.9 Å². The Morgan fingerprint density at radius 2 is 1.93 bits per heavy atom. The summed E-state index contributed by atoms with van der Waals surface area (Å²) in [6.45, 7) is 4.63. The second kappa shape index (κ2) is 8.75. The molecule has 0 atom stereocenters. The van der Waals surface area contributed by atoms with E-state index in [0.29, 0.717) is 22.7 Å². The summed E-state index contributed by atoms with van der Waals surface area (Å²) in [6.07, 6.45) is 0. The van der Waals surface area contributed by atoms with Gasteiger partial charge in [-0.1, -0.05) is 0 Å². The summed E-state index contributed by atoms with van der Waals surface area (Å²) >= 11 is 4.90. The average Bonchev–Trinajstić information content (AvgIpc) is 2.96. The van der Waals surface area contributed by atoms with Gasteiger partial charge in [0.15, 0.2) is 4.80 Å². The minimum Gasteiger partial charge on any atom is -0.496 e. The fourth-order valence-electron chi connectivity index (χ4n) is 2.91. The molecule has 3 aromatic rings. The number of aromatic nitrogens is 1. The van der Waals surface area contributed by atoms with E-state index in [4.69, 9.17) is 9.47 Å². The Balaban J connectivity index is 1.96. The molecule has 7 heteroatoms. The lowest BCUT2D eigenvalue weighted by Gasteiger charge is -2.07. The minimum absolute atomic E-state index is 0.293. The van der Waals surface area contributed by atoms with Crippen molar-refractivity contribution in [1.29, 1.82) is 0 Å². The van der Waals surface area contributed by atoms with Crippen molar-refractivity contribution in [3.8, 4) is 22.8 Å². The maximum Gasteiger partial charge on any atom is 0.279 e. The molecule has 146 valence electrons. The van der Waals surface area contributed by atoms with Crippen LogP contribution in [0.15, 0.2) is 51.9 Å². The number of methoxy groups -OCH3 is 1. The molecule has 0 N–H and O–H groups in total. The van der Waals surface area contributed by atoms with Crippen molar-refractivity contribution in [2.24, 2.45) is 12.0 Å². The molecule has 0 bridgehead atoms. The molecule has 1 aromatic heterocycles. The van der Waals surface area contributed by atoms with Crippen LogP contribution in [0.2, 0.25) is 0 Å². The Morgan fingerprint density at radius 1 is 1.21 bits per heavy atom. The zero-order chi connectivity index (χ0) is 20.3. The Morgan fingerprint density at radius 3 is 2.54 bits per heavy atom. The Bertz CT molecular complexity index is 1070. The standard InChI is InChI=1S/C21H21BrN2O3S/c1-5-27-16-9-6-14(7-10-16)19-13(2)28-21(24(19)3)23-20(25)15-8-11-18(26-4)17(22)12-15/h6-12H,5H2,1-4H3. The molecule has 0 spiro atoms. The van der Waals surface area contributed by atoms with Crippen LogP contribution in [0.4, 0.5) is 0 Å². The summed E-state index contributed by atoms with van der Waals surface area (Å²) in [5.74, 6) is 1.22. The fourth-order valence-corrected chi connectivity index (χ4v) is 4.43. The number of benzene rings is 2. The Labute approximate surface area is 176 Å². The first-order chi connectivity index (χ1) is 13.4. The van der Waals surface area contributed by atoms with Gasteiger partial charge < -0.3 is 14.0 Å². The van der Waals surface area contributed by atoms with E-state index in [9.17, 15) is 4.79 Å². The second-order valence-corrected chi connectivity index (χ2v) is 8.11. The normalized spacial score (nSPS) is 11.5. The molecular weight excluding hydrogens is 440 g/mol. The van der Waals surface area contributed by atoms with Crippen LogP contribution in [-0.4, -0.2) is 24.2 Å². The van der Waals surface area contributed by atoms with E-state index in [1.165, 1.54) is 11.3 Å². The number of halogens is 1. The highest BCUT2D eigenvalue weighted by atomic mass is 79.9. The van der Waals surface area contributed by atoms with E-state index in [-0.39, 0.29) is 5.91 Å². The molecule has 5 nitrogen and oxygen atoms in total. The molecule has 28 heavy (non-hydrogen) atoms. The number of rotatable bonds is 5. The SMILES string of the molecule is CCOc1ccc(-c2c(C)sc(=NC(=O)c3ccc(OC)c(Br)c3)n2C)cc1. The monoisotopic (exact) mass is 460 g/mol. The summed E-state index contributed by atoms with van der Waals surface area (Å²) < 4.78 is 13.4. The molecule has 0 aliphatic heterocycles. The highest BCUT2D eigenvalue weighted by molar-refractivity contribution is 9.10. The first kappa shape index (κ1) is 20.4. The first-order valence-corrected chi connectivity index (χ1v) is 10.4. The molecule has 1 heterocycles. The zero-order valence-electron chi connectivity index (χ0n) is 16.2. The Hall–Kier alpha value is -2.38. The molecule has 0 fully saturated rings. The van der Waals surface area contributed by atoms with Crippen molar-refractivity contribution < 1.29 is 14.3 Å². The van der Waals surface area contributed by atoms with Gasteiger partial charge in [0.1, 0.15) is 11.5 Å². The lowest BCUT2D eigenvalue weighted by atomic mass is 10.1. The smallest absolute Gasteiger partial charge is 0.279 e. The van der Waals surface area contributed by atoms with Gasteiger partial charge in [0.2, 0.25) is 0 Å². The number of amides is 1. The van der Waals surface area contributed by atoms with Crippen LogP contribution in [-0.2, 0) is 7.05 Å². The van der Waals surface area contributed by atoms with Crippen molar-refractivity contribution in [2.75, 3.05) is 13.7 Å². The lowest BCUT2D eigenvalue weighted by Crippen LogP contribution is -2.14. The maximum absolute atomic E-state index is 12.6. The topological polar surface area (TPSA) is 52.8 Å². The van der Waals surface area contributed by atoms with Crippen LogP contribution in [0, 0.1) is 6.92 Å². The lowest BCUT2D eigenvalue weighted by molar-refractivity contribution is 0.0998.